The van der Waals surface area contributed by atoms with E-state index in [2.05, 4.69) is 19.8 Å². The molecule has 2 aliphatic rings. The van der Waals surface area contributed by atoms with Crippen LogP contribution in [0.3, 0.4) is 0 Å². The Morgan fingerprint density at radius 3 is 3.12 bits per heavy atom. The maximum absolute atomic E-state index is 13.2. The van der Waals surface area contributed by atoms with Gasteiger partial charge in [0.15, 0.2) is 0 Å². The smallest absolute Gasteiger partial charge is 0.264 e. The SMILES string of the molecule is COCCn1ccnc1[C@@H]1CCCN(C(=O)c2scc3c2CCCC3)C1. The summed E-state index contributed by atoms with van der Waals surface area (Å²) in [6.45, 7) is 3.13. The molecule has 1 amide bonds. The molecule has 0 bridgehead atoms. The summed E-state index contributed by atoms with van der Waals surface area (Å²) in [5.41, 5.74) is 2.74. The van der Waals surface area contributed by atoms with Crippen molar-refractivity contribution in [2.75, 3.05) is 26.8 Å². The summed E-state index contributed by atoms with van der Waals surface area (Å²) in [6.07, 6.45) is 10.7. The third kappa shape index (κ3) is 3.45. The van der Waals surface area contributed by atoms with Crippen LogP contribution < -0.4 is 0 Å². The first kappa shape index (κ1) is 17.7. The van der Waals surface area contributed by atoms with E-state index in [-0.39, 0.29) is 5.91 Å². The summed E-state index contributed by atoms with van der Waals surface area (Å²) in [7, 11) is 1.72. The Labute approximate surface area is 159 Å². The van der Waals surface area contributed by atoms with E-state index in [1.54, 1.807) is 18.4 Å². The van der Waals surface area contributed by atoms with E-state index in [0.717, 1.165) is 56.0 Å². The van der Waals surface area contributed by atoms with Crippen molar-refractivity contribution in [3.8, 4) is 0 Å². The number of imidazole rings is 1. The summed E-state index contributed by atoms with van der Waals surface area (Å²) >= 11 is 1.65. The Morgan fingerprint density at radius 2 is 2.23 bits per heavy atom. The van der Waals surface area contributed by atoms with Gasteiger partial charge in [-0.25, -0.2) is 4.98 Å². The fraction of sp³-hybridized carbons (Fsp3) is 0.600. The summed E-state index contributed by atoms with van der Waals surface area (Å²) in [5.74, 6) is 1.64. The summed E-state index contributed by atoms with van der Waals surface area (Å²) < 4.78 is 7.38. The number of amides is 1. The van der Waals surface area contributed by atoms with Crippen LogP contribution in [-0.2, 0) is 24.1 Å². The number of piperidine rings is 1. The van der Waals surface area contributed by atoms with E-state index in [0.29, 0.717) is 12.5 Å². The molecule has 1 saturated heterocycles. The zero-order chi connectivity index (χ0) is 17.9. The molecule has 1 aliphatic heterocycles. The first-order valence-corrected chi connectivity index (χ1v) is 10.5. The van der Waals surface area contributed by atoms with Crippen molar-refractivity contribution in [3.05, 3.63) is 39.6 Å². The second-order valence-electron chi connectivity index (χ2n) is 7.34. The van der Waals surface area contributed by atoms with Gasteiger partial charge in [-0.2, -0.15) is 0 Å². The molecule has 26 heavy (non-hydrogen) atoms. The molecule has 2 aromatic rings. The Kier molecular flexibility index (Phi) is 5.41. The lowest BCUT2D eigenvalue weighted by atomic mass is 9.93. The third-order valence-electron chi connectivity index (χ3n) is 5.66. The third-order valence-corrected chi connectivity index (χ3v) is 6.71. The van der Waals surface area contributed by atoms with Crippen molar-refractivity contribution in [2.24, 2.45) is 0 Å². The van der Waals surface area contributed by atoms with E-state index in [1.165, 1.54) is 24.0 Å². The molecule has 0 radical (unpaired) electrons. The molecular weight excluding hydrogens is 346 g/mol. The lowest BCUT2D eigenvalue weighted by Gasteiger charge is -2.33. The lowest BCUT2D eigenvalue weighted by molar-refractivity contribution is 0.0706. The maximum atomic E-state index is 13.2. The van der Waals surface area contributed by atoms with Crippen LogP contribution in [0.15, 0.2) is 17.8 Å². The molecule has 0 N–H and O–H groups in total. The number of likely N-dealkylation sites (tertiary alicyclic amines) is 1. The summed E-state index contributed by atoms with van der Waals surface area (Å²) in [5, 5.41) is 2.21. The first-order valence-electron chi connectivity index (χ1n) is 9.66. The highest BCUT2D eigenvalue weighted by atomic mass is 32.1. The number of nitrogens with zero attached hydrogens (tertiary/aromatic N) is 3. The van der Waals surface area contributed by atoms with Gasteiger partial charge in [0.2, 0.25) is 0 Å². The largest absolute Gasteiger partial charge is 0.383 e. The molecule has 3 heterocycles. The molecule has 1 aliphatic carbocycles. The molecule has 6 heteroatoms. The van der Waals surface area contributed by atoms with Crippen molar-refractivity contribution in [3.63, 3.8) is 0 Å². The Morgan fingerprint density at radius 1 is 1.35 bits per heavy atom. The van der Waals surface area contributed by atoms with E-state index in [9.17, 15) is 4.79 Å². The first-order chi connectivity index (χ1) is 12.8. The lowest BCUT2D eigenvalue weighted by Crippen LogP contribution is -2.40. The highest BCUT2D eigenvalue weighted by Crippen LogP contribution is 2.33. The minimum atomic E-state index is 0.234. The Hall–Kier alpha value is -1.66. The number of hydrogen-bond acceptors (Lipinski definition) is 4. The van der Waals surface area contributed by atoms with Gasteiger partial charge in [0.05, 0.1) is 11.5 Å². The second-order valence-corrected chi connectivity index (χ2v) is 8.22. The number of aromatic nitrogens is 2. The van der Waals surface area contributed by atoms with Crippen LogP contribution in [0.1, 0.15) is 58.2 Å². The number of methoxy groups -OCH3 is 1. The Balaban J connectivity index is 1.49. The number of aryl methyl sites for hydroxylation is 1. The molecule has 140 valence electrons. The summed E-state index contributed by atoms with van der Waals surface area (Å²) in [6, 6.07) is 0. The zero-order valence-corrected chi connectivity index (χ0v) is 16.3. The molecule has 0 saturated carbocycles. The maximum Gasteiger partial charge on any atom is 0.264 e. The fourth-order valence-corrected chi connectivity index (χ4v) is 5.40. The van der Waals surface area contributed by atoms with Gasteiger partial charge in [0.1, 0.15) is 5.82 Å². The topological polar surface area (TPSA) is 47.4 Å². The van der Waals surface area contributed by atoms with Gasteiger partial charge in [0, 0.05) is 45.1 Å². The number of thiophene rings is 1. The van der Waals surface area contributed by atoms with E-state index in [4.69, 9.17) is 4.74 Å². The number of ether oxygens (including phenoxy) is 1. The van der Waals surface area contributed by atoms with Gasteiger partial charge < -0.3 is 14.2 Å². The van der Waals surface area contributed by atoms with Crippen LogP contribution in [-0.4, -0.2) is 47.2 Å². The predicted octanol–water partition coefficient (Wildman–Crippen LogP) is 3.49. The van der Waals surface area contributed by atoms with Gasteiger partial charge >= 0.3 is 0 Å². The number of hydrogen-bond donors (Lipinski definition) is 0. The highest BCUT2D eigenvalue weighted by Gasteiger charge is 2.30. The van der Waals surface area contributed by atoms with Crippen LogP contribution in [0.2, 0.25) is 0 Å². The van der Waals surface area contributed by atoms with Gasteiger partial charge in [-0.3, -0.25) is 4.79 Å². The number of carbonyl (C=O) groups is 1. The van der Waals surface area contributed by atoms with Crippen molar-refractivity contribution < 1.29 is 9.53 Å². The van der Waals surface area contributed by atoms with Crippen LogP contribution in [0.25, 0.3) is 0 Å². The van der Waals surface area contributed by atoms with Crippen LogP contribution in [0.5, 0.6) is 0 Å². The minimum Gasteiger partial charge on any atom is -0.383 e. The van der Waals surface area contributed by atoms with E-state index < -0.39 is 0 Å². The second kappa shape index (κ2) is 7.92. The van der Waals surface area contributed by atoms with Crippen molar-refractivity contribution >= 4 is 17.2 Å². The number of rotatable bonds is 5. The molecule has 1 fully saturated rings. The van der Waals surface area contributed by atoms with Gasteiger partial charge in [0.25, 0.3) is 5.91 Å². The quantitative estimate of drug-likeness (QED) is 0.806. The van der Waals surface area contributed by atoms with Crippen molar-refractivity contribution in [2.45, 2.75) is 51.0 Å². The zero-order valence-electron chi connectivity index (χ0n) is 15.4. The van der Waals surface area contributed by atoms with Crippen LogP contribution in [0, 0.1) is 0 Å². The minimum absolute atomic E-state index is 0.234. The number of fused-ring (bicyclic) bond motifs is 1. The Bertz CT molecular complexity index is 767. The standard InChI is InChI=1S/C20H27N3O2S/c1-25-12-11-22-10-8-21-19(22)15-6-4-9-23(13-15)20(24)18-17-7-3-2-5-16(17)14-26-18/h8,10,14-15H,2-7,9,11-13H2,1H3/t15-/m1/s1. The van der Waals surface area contributed by atoms with Gasteiger partial charge in [-0.1, -0.05) is 0 Å². The van der Waals surface area contributed by atoms with Crippen molar-refractivity contribution in [1.29, 1.82) is 0 Å². The van der Waals surface area contributed by atoms with Crippen LogP contribution in [0.4, 0.5) is 0 Å². The van der Waals surface area contributed by atoms with Gasteiger partial charge in [-0.05, 0) is 55.0 Å². The fourth-order valence-electron chi connectivity index (χ4n) is 4.27. The van der Waals surface area contributed by atoms with Crippen LogP contribution >= 0.6 is 11.3 Å². The molecule has 4 rings (SSSR count). The molecule has 0 aromatic carbocycles. The number of carbonyl (C=O) groups excluding carboxylic acids is 1. The van der Waals surface area contributed by atoms with Gasteiger partial charge in [-0.15, -0.1) is 11.3 Å². The van der Waals surface area contributed by atoms with E-state index >= 15 is 0 Å². The predicted molar refractivity (Wildman–Crippen MR) is 103 cm³/mol. The summed E-state index contributed by atoms with van der Waals surface area (Å²) in [4.78, 5) is 20.8. The van der Waals surface area contributed by atoms with Crippen molar-refractivity contribution in [1.82, 2.24) is 14.5 Å². The average molecular weight is 374 g/mol. The normalized spacial score (nSPS) is 20.2. The average Bonchev–Trinajstić information content (AvgIpc) is 3.33. The van der Waals surface area contributed by atoms with E-state index in [1.807, 2.05) is 12.4 Å². The molecule has 0 spiro atoms. The highest BCUT2D eigenvalue weighted by molar-refractivity contribution is 7.12. The molecule has 2 aromatic heterocycles. The molecular formula is C20H27N3O2S. The molecule has 5 nitrogen and oxygen atoms in total. The monoisotopic (exact) mass is 373 g/mol. The molecule has 1 atom stereocenters. The molecule has 0 unspecified atom stereocenters.